The molecule has 0 fully saturated rings. The van der Waals surface area contributed by atoms with Gasteiger partial charge in [-0.3, -0.25) is 9.59 Å². The van der Waals surface area contributed by atoms with Crippen LogP contribution in [0.3, 0.4) is 0 Å². The molecule has 0 unspecified atom stereocenters. The summed E-state index contributed by atoms with van der Waals surface area (Å²) in [5.74, 6) is 0.438. The Morgan fingerprint density at radius 3 is 2.56 bits per heavy atom. The number of benzene rings is 2. The van der Waals surface area contributed by atoms with Gasteiger partial charge in [-0.2, -0.15) is 5.26 Å². The SMILES string of the molecule is COc1ccccc1CCNC(=O)CCN(C(C)=O)c1ccccc1C#N. The molecule has 0 bridgehead atoms. The van der Waals surface area contributed by atoms with Crippen molar-refractivity contribution in [3.8, 4) is 11.8 Å². The minimum atomic E-state index is -0.209. The molecule has 0 atom stereocenters. The third-order valence-electron chi connectivity index (χ3n) is 4.17. The number of nitriles is 1. The second-order valence-electron chi connectivity index (χ2n) is 5.96. The largest absolute Gasteiger partial charge is 0.496 e. The van der Waals surface area contributed by atoms with Crippen LogP contribution in [0.4, 0.5) is 5.69 Å². The van der Waals surface area contributed by atoms with Gasteiger partial charge in [0, 0.05) is 26.4 Å². The normalized spacial score (nSPS) is 9.96. The number of para-hydroxylation sites is 2. The van der Waals surface area contributed by atoms with Gasteiger partial charge in [0.25, 0.3) is 0 Å². The van der Waals surface area contributed by atoms with E-state index < -0.39 is 0 Å². The van der Waals surface area contributed by atoms with Crippen LogP contribution in [0.15, 0.2) is 48.5 Å². The highest BCUT2D eigenvalue weighted by molar-refractivity contribution is 5.93. The van der Waals surface area contributed by atoms with Gasteiger partial charge in [-0.1, -0.05) is 30.3 Å². The summed E-state index contributed by atoms with van der Waals surface area (Å²) in [6, 6.07) is 16.6. The number of methoxy groups -OCH3 is 1. The van der Waals surface area contributed by atoms with Crippen LogP contribution in [0.25, 0.3) is 0 Å². The van der Waals surface area contributed by atoms with Crippen molar-refractivity contribution in [2.24, 2.45) is 0 Å². The smallest absolute Gasteiger partial charge is 0.223 e. The molecule has 2 aromatic carbocycles. The molecule has 0 heterocycles. The number of ether oxygens (including phenoxy) is 1. The standard InChI is InChI=1S/C21H23N3O3/c1-16(25)24(19-9-5-3-8-18(19)15-22)14-12-21(26)23-13-11-17-7-4-6-10-20(17)27-2/h3-10H,11-14H2,1-2H3,(H,23,26). The van der Waals surface area contributed by atoms with E-state index in [0.29, 0.717) is 24.2 Å². The Bertz CT molecular complexity index is 843. The number of nitrogens with one attached hydrogen (secondary N) is 1. The fourth-order valence-corrected chi connectivity index (χ4v) is 2.80. The molecule has 6 nitrogen and oxygen atoms in total. The number of anilines is 1. The average molecular weight is 365 g/mol. The number of hydrogen-bond acceptors (Lipinski definition) is 4. The van der Waals surface area contributed by atoms with Gasteiger partial charge in [-0.05, 0) is 30.2 Å². The topological polar surface area (TPSA) is 82.4 Å². The number of carbonyl (C=O) groups excluding carboxylic acids is 2. The summed E-state index contributed by atoms with van der Waals surface area (Å²) in [5.41, 5.74) is 1.95. The van der Waals surface area contributed by atoms with Crippen molar-refractivity contribution in [3.05, 3.63) is 59.7 Å². The van der Waals surface area contributed by atoms with Crippen LogP contribution in [0.5, 0.6) is 5.75 Å². The van der Waals surface area contributed by atoms with E-state index in [1.807, 2.05) is 24.3 Å². The molecule has 0 aliphatic carbocycles. The van der Waals surface area contributed by atoms with Crippen LogP contribution < -0.4 is 15.0 Å². The molecule has 2 rings (SSSR count). The molecule has 0 saturated heterocycles. The maximum Gasteiger partial charge on any atom is 0.223 e. The summed E-state index contributed by atoms with van der Waals surface area (Å²) >= 11 is 0. The number of rotatable bonds is 8. The van der Waals surface area contributed by atoms with E-state index in [1.54, 1.807) is 31.4 Å². The van der Waals surface area contributed by atoms with Gasteiger partial charge in [-0.15, -0.1) is 0 Å². The van der Waals surface area contributed by atoms with E-state index in [-0.39, 0.29) is 24.8 Å². The Morgan fingerprint density at radius 1 is 1.15 bits per heavy atom. The summed E-state index contributed by atoms with van der Waals surface area (Å²) in [5, 5.41) is 12.1. The lowest BCUT2D eigenvalue weighted by Crippen LogP contribution is -2.34. The van der Waals surface area contributed by atoms with Crippen molar-refractivity contribution in [3.63, 3.8) is 0 Å². The zero-order chi connectivity index (χ0) is 19.6. The van der Waals surface area contributed by atoms with Gasteiger partial charge in [0.2, 0.25) is 11.8 Å². The van der Waals surface area contributed by atoms with Crippen LogP contribution in [0.1, 0.15) is 24.5 Å². The van der Waals surface area contributed by atoms with Crippen molar-refractivity contribution in [2.75, 3.05) is 25.1 Å². The summed E-state index contributed by atoms with van der Waals surface area (Å²) in [4.78, 5) is 25.6. The lowest BCUT2D eigenvalue weighted by atomic mass is 10.1. The molecule has 2 amide bonds. The summed E-state index contributed by atoms with van der Waals surface area (Å²) < 4.78 is 5.30. The molecule has 0 saturated carbocycles. The molecule has 27 heavy (non-hydrogen) atoms. The predicted molar refractivity (Wildman–Crippen MR) is 104 cm³/mol. The quantitative estimate of drug-likeness (QED) is 0.780. The van der Waals surface area contributed by atoms with Crippen molar-refractivity contribution < 1.29 is 14.3 Å². The monoisotopic (exact) mass is 365 g/mol. The lowest BCUT2D eigenvalue weighted by Gasteiger charge is -2.22. The third-order valence-corrected chi connectivity index (χ3v) is 4.17. The van der Waals surface area contributed by atoms with Crippen LogP contribution in [0, 0.1) is 11.3 Å². The molecular weight excluding hydrogens is 342 g/mol. The van der Waals surface area contributed by atoms with Gasteiger partial charge in [-0.25, -0.2) is 0 Å². The van der Waals surface area contributed by atoms with E-state index >= 15 is 0 Å². The first-order chi connectivity index (χ1) is 13.1. The highest BCUT2D eigenvalue weighted by Crippen LogP contribution is 2.20. The fraction of sp³-hybridized carbons (Fsp3) is 0.286. The third kappa shape index (κ3) is 5.58. The first kappa shape index (κ1) is 20.0. The van der Waals surface area contributed by atoms with E-state index in [0.717, 1.165) is 11.3 Å². The molecule has 0 spiro atoms. The van der Waals surface area contributed by atoms with E-state index in [2.05, 4.69) is 11.4 Å². The zero-order valence-electron chi connectivity index (χ0n) is 15.6. The van der Waals surface area contributed by atoms with Gasteiger partial charge in [0.15, 0.2) is 0 Å². The second kappa shape index (κ2) is 9.97. The van der Waals surface area contributed by atoms with Crippen molar-refractivity contribution in [2.45, 2.75) is 19.8 Å². The van der Waals surface area contributed by atoms with Crippen molar-refractivity contribution in [1.82, 2.24) is 5.32 Å². The molecule has 6 heteroatoms. The van der Waals surface area contributed by atoms with Gasteiger partial charge >= 0.3 is 0 Å². The predicted octanol–water partition coefficient (Wildman–Crippen LogP) is 2.67. The minimum Gasteiger partial charge on any atom is -0.496 e. The van der Waals surface area contributed by atoms with Crippen molar-refractivity contribution >= 4 is 17.5 Å². The van der Waals surface area contributed by atoms with Gasteiger partial charge in [0.05, 0.1) is 18.4 Å². The molecule has 0 aliphatic rings. The maximum atomic E-state index is 12.2. The summed E-state index contributed by atoms with van der Waals surface area (Å²) in [6.45, 7) is 2.12. The molecule has 0 aliphatic heterocycles. The maximum absolute atomic E-state index is 12.2. The molecular formula is C21H23N3O3. The van der Waals surface area contributed by atoms with Crippen LogP contribution in [0.2, 0.25) is 0 Å². The fourth-order valence-electron chi connectivity index (χ4n) is 2.80. The number of nitrogens with zero attached hydrogens (tertiary/aromatic N) is 2. The van der Waals surface area contributed by atoms with E-state index in [4.69, 9.17) is 4.74 Å². The zero-order valence-corrected chi connectivity index (χ0v) is 15.6. The Kier molecular flexibility index (Phi) is 7.38. The Labute approximate surface area is 159 Å². The Hall–Kier alpha value is -3.33. The highest BCUT2D eigenvalue weighted by Gasteiger charge is 2.16. The Balaban J connectivity index is 1.89. The van der Waals surface area contributed by atoms with Gasteiger partial charge < -0.3 is 15.0 Å². The average Bonchev–Trinajstić information content (AvgIpc) is 2.68. The van der Waals surface area contributed by atoms with Crippen molar-refractivity contribution in [1.29, 1.82) is 5.26 Å². The Morgan fingerprint density at radius 2 is 1.85 bits per heavy atom. The molecule has 0 aromatic heterocycles. The van der Waals surface area contributed by atoms with E-state index in [9.17, 15) is 14.9 Å². The molecule has 2 aromatic rings. The van der Waals surface area contributed by atoms with Crippen LogP contribution in [-0.2, 0) is 16.0 Å². The number of hydrogen-bond donors (Lipinski definition) is 1. The highest BCUT2D eigenvalue weighted by atomic mass is 16.5. The summed E-state index contributed by atoms with van der Waals surface area (Å²) in [6.07, 6.45) is 0.814. The number of carbonyl (C=O) groups is 2. The summed E-state index contributed by atoms with van der Waals surface area (Å²) in [7, 11) is 1.62. The second-order valence-corrected chi connectivity index (χ2v) is 5.96. The van der Waals surface area contributed by atoms with Gasteiger partial charge in [0.1, 0.15) is 11.8 Å². The van der Waals surface area contributed by atoms with Crippen LogP contribution in [-0.4, -0.2) is 32.0 Å². The first-order valence-corrected chi connectivity index (χ1v) is 8.72. The van der Waals surface area contributed by atoms with E-state index in [1.165, 1.54) is 11.8 Å². The lowest BCUT2D eigenvalue weighted by molar-refractivity contribution is -0.121. The molecule has 0 radical (unpaired) electrons. The number of amides is 2. The molecule has 1 N–H and O–H groups in total. The van der Waals surface area contributed by atoms with Crippen LogP contribution >= 0.6 is 0 Å². The first-order valence-electron chi connectivity index (χ1n) is 8.72. The molecule has 140 valence electrons. The minimum absolute atomic E-state index is 0.148.